The highest BCUT2D eigenvalue weighted by atomic mass is 16.5. The summed E-state index contributed by atoms with van der Waals surface area (Å²) in [5.41, 5.74) is 1.63. The van der Waals surface area contributed by atoms with Crippen LogP contribution in [0.25, 0.3) is 11.0 Å². The summed E-state index contributed by atoms with van der Waals surface area (Å²) in [7, 11) is 3.42. The summed E-state index contributed by atoms with van der Waals surface area (Å²) in [6, 6.07) is 5.58. The average molecular weight is 204 g/mol. The number of carbonyl (C=O) groups excluding carboxylic acids is 1. The van der Waals surface area contributed by atoms with E-state index in [-0.39, 0.29) is 5.78 Å². The zero-order chi connectivity index (χ0) is 11.0. The predicted molar refractivity (Wildman–Crippen MR) is 57.3 cm³/mol. The Bertz CT molecular complexity index is 529. The number of nitrogens with zero attached hydrogens (tertiary/aromatic N) is 2. The number of fused-ring (bicyclic) bond motifs is 1. The number of aryl methyl sites for hydroxylation is 1. The van der Waals surface area contributed by atoms with Crippen molar-refractivity contribution in [3.63, 3.8) is 0 Å². The van der Waals surface area contributed by atoms with Gasteiger partial charge in [-0.05, 0) is 12.1 Å². The molecular formula is C11H12N2O2. The molecule has 4 heteroatoms. The number of hydrogen-bond acceptors (Lipinski definition) is 3. The Morgan fingerprint density at radius 3 is 2.80 bits per heavy atom. The van der Waals surface area contributed by atoms with Crippen molar-refractivity contribution in [1.29, 1.82) is 0 Å². The van der Waals surface area contributed by atoms with Crippen molar-refractivity contribution in [2.45, 2.75) is 6.92 Å². The first-order valence-corrected chi connectivity index (χ1v) is 4.65. The second-order valence-corrected chi connectivity index (χ2v) is 3.38. The van der Waals surface area contributed by atoms with E-state index >= 15 is 0 Å². The van der Waals surface area contributed by atoms with Crippen LogP contribution in [0.4, 0.5) is 0 Å². The van der Waals surface area contributed by atoms with Gasteiger partial charge in [0.15, 0.2) is 11.6 Å². The first kappa shape index (κ1) is 9.71. The third-order valence-electron chi connectivity index (χ3n) is 2.39. The van der Waals surface area contributed by atoms with Crippen molar-refractivity contribution in [3.8, 4) is 5.75 Å². The van der Waals surface area contributed by atoms with Crippen molar-refractivity contribution >= 4 is 16.8 Å². The molecule has 1 aromatic heterocycles. The van der Waals surface area contributed by atoms with Crippen LogP contribution in [0.1, 0.15) is 17.5 Å². The molecular weight excluding hydrogens is 192 g/mol. The zero-order valence-electron chi connectivity index (χ0n) is 8.94. The fourth-order valence-corrected chi connectivity index (χ4v) is 1.71. The average Bonchev–Trinajstić information content (AvgIpc) is 2.56. The molecule has 15 heavy (non-hydrogen) atoms. The number of benzene rings is 1. The van der Waals surface area contributed by atoms with Gasteiger partial charge in [0.05, 0.1) is 12.6 Å². The summed E-state index contributed by atoms with van der Waals surface area (Å²) in [5, 5.41) is 0. The Labute approximate surface area is 87.5 Å². The molecule has 0 aliphatic rings. The molecule has 0 N–H and O–H groups in total. The van der Waals surface area contributed by atoms with Gasteiger partial charge in [0.2, 0.25) is 0 Å². The lowest BCUT2D eigenvalue weighted by molar-refractivity contribution is 0.100. The van der Waals surface area contributed by atoms with Crippen LogP contribution in [-0.4, -0.2) is 22.4 Å². The number of imidazole rings is 1. The minimum atomic E-state index is -0.0456. The first-order chi connectivity index (χ1) is 7.15. The minimum absolute atomic E-state index is 0.0456. The van der Waals surface area contributed by atoms with E-state index in [0.29, 0.717) is 5.82 Å². The topological polar surface area (TPSA) is 44.1 Å². The van der Waals surface area contributed by atoms with Gasteiger partial charge in [0.25, 0.3) is 0 Å². The van der Waals surface area contributed by atoms with Gasteiger partial charge in [-0.3, -0.25) is 4.79 Å². The van der Waals surface area contributed by atoms with E-state index in [9.17, 15) is 4.79 Å². The monoisotopic (exact) mass is 204 g/mol. The minimum Gasteiger partial charge on any atom is -0.494 e. The quantitative estimate of drug-likeness (QED) is 0.700. The van der Waals surface area contributed by atoms with Crippen LogP contribution in [0.3, 0.4) is 0 Å². The number of rotatable bonds is 2. The third-order valence-corrected chi connectivity index (χ3v) is 2.39. The number of aromatic nitrogens is 2. The molecule has 0 saturated carbocycles. The van der Waals surface area contributed by atoms with E-state index in [1.807, 2.05) is 25.2 Å². The van der Waals surface area contributed by atoms with E-state index in [2.05, 4.69) is 4.98 Å². The molecule has 0 bridgehead atoms. The van der Waals surface area contributed by atoms with Crippen LogP contribution < -0.4 is 4.74 Å². The van der Waals surface area contributed by atoms with Crippen LogP contribution in [-0.2, 0) is 7.05 Å². The van der Waals surface area contributed by atoms with Crippen LogP contribution in [0, 0.1) is 0 Å². The maximum atomic E-state index is 11.3. The molecule has 1 aromatic carbocycles. The maximum Gasteiger partial charge on any atom is 0.195 e. The van der Waals surface area contributed by atoms with Crippen molar-refractivity contribution in [1.82, 2.24) is 9.55 Å². The molecule has 2 aromatic rings. The lowest BCUT2D eigenvalue weighted by atomic mass is 10.3. The van der Waals surface area contributed by atoms with Gasteiger partial charge in [-0.1, -0.05) is 6.07 Å². The summed E-state index contributed by atoms with van der Waals surface area (Å²) in [6.45, 7) is 1.51. The Balaban J connectivity index is 2.82. The highest BCUT2D eigenvalue weighted by molar-refractivity contribution is 5.96. The number of methoxy groups -OCH3 is 1. The first-order valence-electron chi connectivity index (χ1n) is 4.65. The number of Topliss-reactive ketones (excluding diaryl/α,β-unsaturated/α-hetero) is 1. The van der Waals surface area contributed by atoms with Gasteiger partial charge in [-0.25, -0.2) is 4.98 Å². The van der Waals surface area contributed by atoms with Crippen LogP contribution >= 0.6 is 0 Å². The Morgan fingerprint density at radius 1 is 1.47 bits per heavy atom. The van der Waals surface area contributed by atoms with E-state index in [0.717, 1.165) is 16.8 Å². The number of ether oxygens (including phenoxy) is 1. The molecule has 0 saturated heterocycles. The maximum absolute atomic E-state index is 11.3. The van der Waals surface area contributed by atoms with E-state index in [4.69, 9.17) is 4.74 Å². The molecule has 0 radical (unpaired) electrons. The molecule has 0 aliphatic heterocycles. The largest absolute Gasteiger partial charge is 0.494 e. The van der Waals surface area contributed by atoms with Gasteiger partial charge < -0.3 is 9.30 Å². The third kappa shape index (κ3) is 1.38. The van der Waals surface area contributed by atoms with Gasteiger partial charge in [-0.2, -0.15) is 0 Å². The number of carbonyl (C=O) groups is 1. The molecule has 1 heterocycles. The molecule has 0 fully saturated rings. The lowest BCUT2D eigenvalue weighted by Gasteiger charge is -2.03. The van der Waals surface area contributed by atoms with E-state index in [1.54, 1.807) is 11.7 Å². The molecule has 0 spiro atoms. The molecule has 0 aliphatic carbocycles. The molecule has 0 amide bonds. The van der Waals surface area contributed by atoms with Gasteiger partial charge >= 0.3 is 0 Å². The number of para-hydroxylation sites is 1. The molecule has 78 valence electrons. The van der Waals surface area contributed by atoms with Crippen molar-refractivity contribution in [2.24, 2.45) is 7.05 Å². The Kier molecular flexibility index (Phi) is 2.19. The molecule has 2 rings (SSSR count). The number of hydrogen-bond donors (Lipinski definition) is 0. The van der Waals surface area contributed by atoms with Crippen LogP contribution in [0.5, 0.6) is 5.75 Å². The summed E-state index contributed by atoms with van der Waals surface area (Å²) < 4.78 is 6.99. The smallest absolute Gasteiger partial charge is 0.195 e. The standard InChI is InChI=1S/C11H12N2O2/c1-7(14)11-12-8-5-4-6-9(15-3)10(8)13(11)2/h4-6H,1-3H3. The van der Waals surface area contributed by atoms with Crippen molar-refractivity contribution in [2.75, 3.05) is 7.11 Å². The Morgan fingerprint density at radius 2 is 2.20 bits per heavy atom. The zero-order valence-corrected chi connectivity index (χ0v) is 8.94. The van der Waals surface area contributed by atoms with E-state index in [1.165, 1.54) is 6.92 Å². The lowest BCUT2D eigenvalue weighted by Crippen LogP contribution is -2.03. The second kappa shape index (κ2) is 3.38. The molecule has 0 unspecified atom stereocenters. The molecule has 0 atom stereocenters. The van der Waals surface area contributed by atoms with E-state index < -0.39 is 0 Å². The van der Waals surface area contributed by atoms with Crippen LogP contribution in [0.2, 0.25) is 0 Å². The summed E-state index contributed by atoms with van der Waals surface area (Å²) >= 11 is 0. The SMILES string of the molecule is COc1cccc2nc(C(C)=O)n(C)c12. The highest BCUT2D eigenvalue weighted by Crippen LogP contribution is 2.25. The van der Waals surface area contributed by atoms with Gasteiger partial charge in [-0.15, -0.1) is 0 Å². The van der Waals surface area contributed by atoms with Crippen LogP contribution in [0.15, 0.2) is 18.2 Å². The normalized spacial score (nSPS) is 10.6. The van der Waals surface area contributed by atoms with Gasteiger partial charge in [0, 0.05) is 14.0 Å². The van der Waals surface area contributed by atoms with Crippen molar-refractivity contribution in [3.05, 3.63) is 24.0 Å². The summed E-state index contributed by atoms with van der Waals surface area (Å²) in [4.78, 5) is 15.6. The summed E-state index contributed by atoms with van der Waals surface area (Å²) in [5.74, 6) is 1.14. The number of ketones is 1. The highest BCUT2D eigenvalue weighted by Gasteiger charge is 2.14. The second-order valence-electron chi connectivity index (χ2n) is 3.38. The fourth-order valence-electron chi connectivity index (χ4n) is 1.71. The fraction of sp³-hybridized carbons (Fsp3) is 0.273. The van der Waals surface area contributed by atoms with Crippen molar-refractivity contribution < 1.29 is 9.53 Å². The predicted octanol–water partition coefficient (Wildman–Crippen LogP) is 1.78. The summed E-state index contributed by atoms with van der Waals surface area (Å²) in [6.07, 6.45) is 0. The molecule has 4 nitrogen and oxygen atoms in total. The van der Waals surface area contributed by atoms with Gasteiger partial charge in [0.1, 0.15) is 11.3 Å². The Hall–Kier alpha value is -1.84.